The molecule has 2 saturated carbocycles. The molecule has 0 bridgehead atoms. The van der Waals surface area contributed by atoms with Crippen molar-refractivity contribution >= 4 is 6.29 Å². The Kier molecular flexibility index (Phi) is 3.37. The lowest BCUT2D eigenvalue weighted by molar-refractivity contribution is -0.123. The highest BCUT2D eigenvalue weighted by molar-refractivity contribution is 5.59. The first-order valence-corrected chi connectivity index (χ1v) is 7.12. The van der Waals surface area contributed by atoms with Crippen LogP contribution in [0.1, 0.15) is 59.3 Å². The zero-order valence-electron chi connectivity index (χ0n) is 11.4. The number of hydrogen-bond acceptors (Lipinski definition) is 2. The van der Waals surface area contributed by atoms with Crippen molar-refractivity contribution in [3.8, 4) is 0 Å². The van der Waals surface area contributed by atoms with Crippen LogP contribution in [-0.4, -0.2) is 17.5 Å². The Bertz CT molecular complexity index is 301. The number of aliphatic hydroxyl groups excluding tert-OH is 1. The van der Waals surface area contributed by atoms with Crippen molar-refractivity contribution in [2.24, 2.45) is 22.7 Å². The van der Waals surface area contributed by atoms with Gasteiger partial charge in [-0.05, 0) is 49.4 Å². The standard InChI is InChI=1S/C15H26O2/c1-4-14(2,10-16)13-8-7-11-12(17)6-5-9-15(11,13)3/h10-13,17H,4-9H2,1-3H3/t11-,12-,13+,14+,15-/m0/s1. The van der Waals surface area contributed by atoms with Gasteiger partial charge in [-0.3, -0.25) is 0 Å². The summed E-state index contributed by atoms with van der Waals surface area (Å²) in [6, 6.07) is 0. The zero-order valence-corrected chi connectivity index (χ0v) is 11.4. The third-order valence-electron chi connectivity index (χ3n) is 5.92. The summed E-state index contributed by atoms with van der Waals surface area (Å²) in [5, 5.41) is 10.2. The van der Waals surface area contributed by atoms with E-state index >= 15 is 0 Å². The number of aldehydes is 1. The van der Waals surface area contributed by atoms with Crippen LogP contribution in [0.5, 0.6) is 0 Å². The average molecular weight is 238 g/mol. The minimum Gasteiger partial charge on any atom is -0.393 e. The molecule has 2 fully saturated rings. The Morgan fingerprint density at radius 1 is 1.41 bits per heavy atom. The molecule has 2 aliphatic rings. The van der Waals surface area contributed by atoms with Gasteiger partial charge in [0.2, 0.25) is 0 Å². The molecule has 0 aromatic carbocycles. The molecule has 98 valence electrons. The second kappa shape index (κ2) is 4.38. The fourth-order valence-electron chi connectivity index (χ4n) is 4.64. The topological polar surface area (TPSA) is 37.3 Å². The normalized spacial score (nSPS) is 45.1. The summed E-state index contributed by atoms with van der Waals surface area (Å²) in [4.78, 5) is 11.5. The van der Waals surface area contributed by atoms with E-state index in [9.17, 15) is 9.90 Å². The molecule has 0 saturated heterocycles. The summed E-state index contributed by atoms with van der Waals surface area (Å²) >= 11 is 0. The molecule has 0 heterocycles. The molecule has 1 N–H and O–H groups in total. The van der Waals surface area contributed by atoms with Gasteiger partial charge in [0, 0.05) is 5.41 Å². The van der Waals surface area contributed by atoms with Gasteiger partial charge in [-0.1, -0.05) is 27.2 Å². The van der Waals surface area contributed by atoms with E-state index in [1.807, 2.05) is 0 Å². The number of rotatable bonds is 3. The van der Waals surface area contributed by atoms with E-state index in [-0.39, 0.29) is 16.9 Å². The first-order valence-electron chi connectivity index (χ1n) is 7.12. The van der Waals surface area contributed by atoms with Gasteiger partial charge < -0.3 is 9.90 Å². The molecule has 2 rings (SSSR count). The number of aliphatic hydroxyl groups is 1. The summed E-state index contributed by atoms with van der Waals surface area (Å²) in [5.41, 5.74) is -0.0100. The summed E-state index contributed by atoms with van der Waals surface area (Å²) < 4.78 is 0. The minimum atomic E-state index is -0.194. The lowest BCUT2D eigenvalue weighted by Gasteiger charge is -2.47. The summed E-state index contributed by atoms with van der Waals surface area (Å²) in [6.45, 7) is 6.54. The number of hydrogen-bond donors (Lipinski definition) is 1. The molecule has 2 nitrogen and oxygen atoms in total. The van der Waals surface area contributed by atoms with Gasteiger partial charge in [0.05, 0.1) is 6.10 Å². The fraction of sp³-hybridized carbons (Fsp3) is 0.933. The largest absolute Gasteiger partial charge is 0.393 e. The first kappa shape index (κ1) is 13.1. The molecule has 0 spiro atoms. The Balaban J connectivity index is 2.29. The van der Waals surface area contributed by atoms with Gasteiger partial charge in [-0.25, -0.2) is 0 Å². The molecule has 0 aromatic heterocycles. The predicted molar refractivity (Wildman–Crippen MR) is 68.6 cm³/mol. The van der Waals surface area contributed by atoms with E-state index in [1.165, 1.54) is 12.7 Å². The third kappa shape index (κ3) is 1.85. The minimum absolute atomic E-state index is 0.133. The summed E-state index contributed by atoms with van der Waals surface area (Å²) in [6.07, 6.45) is 7.42. The molecule has 17 heavy (non-hydrogen) atoms. The van der Waals surface area contributed by atoms with Crippen molar-refractivity contribution in [1.82, 2.24) is 0 Å². The monoisotopic (exact) mass is 238 g/mol. The van der Waals surface area contributed by atoms with Crippen LogP contribution in [0.15, 0.2) is 0 Å². The fourth-order valence-corrected chi connectivity index (χ4v) is 4.64. The van der Waals surface area contributed by atoms with E-state index in [2.05, 4.69) is 20.8 Å². The van der Waals surface area contributed by atoms with Crippen molar-refractivity contribution in [2.45, 2.75) is 65.4 Å². The van der Waals surface area contributed by atoms with E-state index in [0.29, 0.717) is 11.8 Å². The molecule has 0 radical (unpaired) electrons. The molecule has 2 heteroatoms. The van der Waals surface area contributed by atoms with E-state index in [1.54, 1.807) is 0 Å². The van der Waals surface area contributed by atoms with Crippen LogP contribution in [0, 0.1) is 22.7 Å². The van der Waals surface area contributed by atoms with Crippen LogP contribution in [0.3, 0.4) is 0 Å². The van der Waals surface area contributed by atoms with Crippen molar-refractivity contribution < 1.29 is 9.90 Å². The third-order valence-corrected chi connectivity index (χ3v) is 5.92. The Morgan fingerprint density at radius 3 is 2.71 bits per heavy atom. The SMILES string of the molecule is CC[C@](C)(C=O)[C@H]1CC[C@H]2[C@@H](O)CCC[C@@]21C. The van der Waals surface area contributed by atoms with Crippen LogP contribution in [-0.2, 0) is 4.79 Å². The second-order valence-electron chi connectivity index (χ2n) is 6.68. The summed E-state index contributed by atoms with van der Waals surface area (Å²) in [7, 11) is 0. The molecule has 0 amide bonds. The molecule has 2 aliphatic carbocycles. The van der Waals surface area contributed by atoms with Gasteiger partial charge in [-0.15, -0.1) is 0 Å². The van der Waals surface area contributed by atoms with Crippen LogP contribution < -0.4 is 0 Å². The van der Waals surface area contributed by atoms with E-state index < -0.39 is 0 Å². The first-order chi connectivity index (χ1) is 7.98. The molecular weight excluding hydrogens is 212 g/mol. The maximum absolute atomic E-state index is 11.5. The molecule has 0 unspecified atom stereocenters. The van der Waals surface area contributed by atoms with Crippen molar-refractivity contribution in [3.05, 3.63) is 0 Å². The van der Waals surface area contributed by atoms with Crippen LogP contribution in [0.2, 0.25) is 0 Å². The highest BCUT2D eigenvalue weighted by Gasteiger charge is 2.55. The Hall–Kier alpha value is -0.370. The zero-order chi connectivity index (χ0) is 12.7. The second-order valence-corrected chi connectivity index (χ2v) is 6.68. The van der Waals surface area contributed by atoms with Gasteiger partial charge in [0.15, 0.2) is 0 Å². The molecular formula is C15H26O2. The van der Waals surface area contributed by atoms with Crippen LogP contribution >= 0.6 is 0 Å². The lowest BCUT2D eigenvalue weighted by atomic mass is 9.57. The number of carbonyl (C=O) groups excluding carboxylic acids is 1. The highest BCUT2D eigenvalue weighted by Crippen LogP contribution is 2.60. The lowest BCUT2D eigenvalue weighted by Crippen LogP contribution is -2.45. The average Bonchev–Trinajstić information content (AvgIpc) is 2.67. The van der Waals surface area contributed by atoms with Gasteiger partial charge in [0.25, 0.3) is 0 Å². The van der Waals surface area contributed by atoms with E-state index in [4.69, 9.17) is 0 Å². The smallest absolute Gasteiger partial charge is 0.126 e. The Labute approximate surface area is 105 Å². The van der Waals surface area contributed by atoms with Crippen molar-refractivity contribution in [2.75, 3.05) is 0 Å². The highest BCUT2D eigenvalue weighted by atomic mass is 16.3. The van der Waals surface area contributed by atoms with Gasteiger partial charge >= 0.3 is 0 Å². The summed E-state index contributed by atoms with van der Waals surface area (Å²) in [5.74, 6) is 0.879. The predicted octanol–water partition coefficient (Wildman–Crippen LogP) is 3.18. The van der Waals surface area contributed by atoms with Crippen LogP contribution in [0.25, 0.3) is 0 Å². The van der Waals surface area contributed by atoms with Crippen LogP contribution in [0.4, 0.5) is 0 Å². The number of fused-ring (bicyclic) bond motifs is 1. The number of carbonyl (C=O) groups is 1. The molecule has 5 atom stereocenters. The van der Waals surface area contributed by atoms with E-state index in [0.717, 1.165) is 32.1 Å². The van der Waals surface area contributed by atoms with Gasteiger partial charge in [0.1, 0.15) is 6.29 Å². The van der Waals surface area contributed by atoms with Crippen molar-refractivity contribution in [1.29, 1.82) is 0 Å². The molecule has 0 aliphatic heterocycles. The van der Waals surface area contributed by atoms with Crippen molar-refractivity contribution in [3.63, 3.8) is 0 Å². The quantitative estimate of drug-likeness (QED) is 0.767. The molecule has 0 aromatic rings. The Morgan fingerprint density at radius 2 is 2.12 bits per heavy atom. The maximum Gasteiger partial charge on any atom is 0.126 e. The van der Waals surface area contributed by atoms with Gasteiger partial charge in [-0.2, -0.15) is 0 Å². The maximum atomic E-state index is 11.5.